The number of pyridine rings is 1. The molecule has 2 aromatic heterocycles. The molecule has 0 atom stereocenters. The molecule has 1 N–H and O–H groups in total. The first-order valence-corrected chi connectivity index (χ1v) is 9.26. The molecule has 146 valence electrons. The summed E-state index contributed by atoms with van der Waals surface area (Å²) in [5.74, 6) is 0.827. The van der Waals surface area contributed by atoms with E-state index >= 15 is 0 Å². The topological polar surface area (TPSA) is 78.3 Å². The zero-order valence-electron chi connectivity index (χ0n) is 15.9. The first-order valence-electron chi connectivity index (χ1n) is 9.26. The minimum atomic E-state index is -0.269. The largest absolute Gasteiger partial charge is 0.490 e. The van der Waals surface area contributed by atoms with Crippen molar-refractivity contribution in [2.45, 2.75) is 13.5 Å². The summed E-state index contributed by atoms with van der Waals surface area (Å²) in [4.78, 5) is 21.0. The average Bonchev–Trinajstić information content (AvgIpc) is 3.16. The zero-order valence-corrected chi connectivity index (χ0v) is 15.9. The van der Waals surface area contributed by atoms with Crippen molar-refractivity contribution in [3.63, 3.8) is 0 Å². The Labute approximate surface area is 167 Å². The molecule has 0 radical (unpaired) electrons. The van der Waals surface area contributed by atoms with Crippen LogP contribution in [0.5, 0.6) is 11.5 Å². The van der Waals surface area contributed by atoms with Gasteiger partial charge in [0.1, 0.15) is 12.9 Å². The van der Waals surface area contributed by atoms with Crippen molar-refractivity contribution in [2.24, 2.45) is 0 Å². The van der Waals surface area contributed by atoms with Gasteiger partial charge in [0, 0.05) is 18.0 Å². The number of nitrogens with zero attached hydrogens (tertiary/aromatic N) is 3. The Morgan fingerprint density at radius 2 is 1.86 bits per heavy atom. The van der Waals surface area contributed by atoms with Crippen molar-refractivity contribution >= 4 is 16.9 Å². The standard InChI is InChI=1S/C22H20N4O3/c1-2-28-21-13-17(7-8-20(21)29-14-16-9-11-23-12-10-16)22(27)25-26-15-24-18-5-3-4-6-19(18)26/h3-13,15H,2,14H2,1H3,(H,25,27). The van der Waals surface area contributed by atoms with Crippen molar-refractivity contribution in [3.8, 4) is 11.5 Å². The van der Waals surface area contributed by atoms with E-state index in [9.17, 15) is 4.79 Å². The summed E-state index contributed by atoms with van der Waals surface area (Å²) in [7, 11) is 0. The van der Waals surface area contributed by atoms with Gasteiger partial charge in [0.15, 0.2) is 11.5 Å². The fourth-order valence-corrected chi connectivity index (χ4v) is 2.90. The Bertz CT molecular complexity index is 1130. The zero-order chi connectivity index (χ0) is 20.1. The molecule has 0 aliphatic carbocycles. The summed E-state index contributed by atoms with van der Waals surface area (Å²) in [6.45, 7) is 2.73. The molecule has 0 unspecified atom stereocenters. The Hall–Kier alpha value is -3.87. The van der Waals surface area contributed by atoms with Gasteiger partial charge in [0.2, 0.25) is 0 Å². The summed E-state index contributed by atoms with van der Waals surface area (Å²) in [6.07, 6.45) is 5.02. The van der Waals surface area contributed by atoms with Crippen LogP contribution in [0.15, 0.2) is 73.3 Å². The molecule has 0 aliphatic heterocycles. The molecule has 2 aromatic carbocycles. The highest BCUT2D eigenvalue weighted by Crippen LogP contribution is 2.29. The van der Waals surface area contributed by atoms with Crippen molar-refractivity contribution < 1.29 is 14.3 Å². The highest BCUT2D eigenvalue weighted by Gasteiger charge is 2.13. The number of aromatic nitrogens is 3. The third-order valence-electron chi connectivity index (χ3n) is 4.32. The van der Waals surface area contributed by atoms with Gasteiger partial charge in [0.05, 0.1) is 17.6 Å². The summed E-state index contributed by atoms with van der Waals surface area (Å²) >= 11 is 0. The molecule has 29 heavy (non-hydrogen) atoms. The number of para-hydroxylation sites is 2. The van der Waals surface area contributed by atoms with Gasteiger partial charge >= 0.3 is 0 Å². The van der Waals surface area contributed by atoms with Gasteiger partial charge in [0.25, 0.3) is 5.91 Å². The van der Waals surface area contributed by atoms with Crippen LogP contribution in [0.4, 0.5) is 0 Å². The van der Waals surface area contributed by atoms with Gasteiger partial charge in [-0.3, -0.25) is 15.2 Å². The number of imidazole rings is 1. The Morgan fingerprint density at radius 1 is 1.03 bits per heavy atom. The molecule has 0 aliphatic rings. The van der Waals surface area contributed by atoms with Crippen LogP contribution in [0.1, 0.15) is 22.8 Å². The summed E-state index contributed by atoms with van der Waals surface area (Å²) < 4.78 is 13.2. The van der Waals surface area contributed by atoms with Crippen molar-refractivity contribution in [1.82, 2.24) is 14.6 Å². The van der Waals surface area contributed by atoms with Crippen LogP contribution in [0.3, 0.4) is 0 Å². The van der Waals surface area contributed by atoms with E-state index in [0.29, 0.717) is 30.3 Å². The van der Waals surface area contributed by atoms with Crippen LogP contribution in [-0.2, 0) is 6.61 Å². The van der Waals surface area contributed by atoms with E-state index in [0.717, 1.165) is 16.6 Å². The highest BCUT2D eigenvalue weighted by molar-refractivity contribution is 6.01. The first kappa shape index (κ1) is 18.5. The van der Waals surface area contributed by atoms with Gasteiger partial charge in [-0.15, -0.1) is 0 Å². The number of benzene rings is 2. The lowest BCUT2D eigenvalue weighted by Gasteiger charge is -2.14. The average molecular weight is 388 g/mol. The lowest BCUT2D eigenvalue weighted by atomic mass is 10.2. The van der Waals surface area contributed by atoms with E-state index in [1.165, 1.54) is 0 Å². The number of ether oxygens (including phenoxy) is 2. The maximum absolute atomic E-state index is 12.7. The first-order chi connectivity index (χ1) is 14.2. The molecule has 2 heterocycles. The van der Waals surface area contributed by atoms with E-state index in [1.807, 2.05) is 43.3 Å². The smallest absolute Gasteiger partial charge is 0.270 e. The number of hydrogen-bond donors (Lipinski definition) is 1. The Morgan fingerprint density at radius 3 is 2.69 bits per heavy atom. The van der Waals surface area contributed by atoms with Crippen LogP contribution >= 0.6 is 0 Å². The normalized spacial score (nSPS) is 10.7. The molecule has 4 rings (SSSR count). The van der Waals surface area contributed by atoms with Crippen LogP contribution in [-0.4, -0.2) is 27.2 Å². The molecule has 7 heteroatoms. The molecule has 0 bridgehead atoms. The van der Waals surface area contributed by atoms with Crippen LogP contribution in [0, 0.1) is 0 Å². The number of carbonyl (C=O) groups is 1. The van der Waals surface area contributed by atoms with Crippen LogP contribution < -0.4 is 14.9 Å². The van der Waals surface area contributed by atoms with Gasteiger partial charge < -0.3 is 9.47 Å². The highest BCUT2D eigenvalue weighted by atomic mass is 16.5. The van der Waals surface area contributed by atoms with Crippen molar-refractivity contribution in [1.29, 1.82) is 0 Å². The maximum atomic E-state index is 12.7. The van der Waals surface area contributed by atoms with Crippen LogP contribution in [0.25, 0.3) is 11.0 Å². The summed E-state index contributed by atoms with van der Waals surface area (Å²) in [5.41, 5.74) is 5.93. The summed E-state index contributed by atoms with van der Waals surface area (Å²) in [6, 6.07) is 16.5. The number of rotatable bonds is 7. The lowest BCUT2D eigenvalue weighted by Crippen LogP contribution is -2.22. The van der Waals surface area contributed by atoms with E-state index in [2.05, 4.69) is 15.4 Å². The molecule has 0 saturated heterocycles. The second-order valence-electron chi connectivity index (χ2n) is 6.28. The van der Waals surface area contributed by atoms with Crippen molar-refractivity contribution in [3.05, 3.63) is 84.4 Å². The number of carbonyl (C=O) groups excluding carboxylic acids is 1. The molecule has 0 spiro atoms. The van der Waals surface area contributed by atoms with E-state index in [1.54, 1.807) is 41.6 Å². The monoisotopic (exact) mass is 388 g/mol. The second kappa shape index (κ2) is 8.43. The number of fused-ring (bicyclic) bond motifs is 1. The van der Waals surface area contributed by atoms with Gasteiger partial charge in [-0.25, -0.2) is 9.66 Å². The molecule has 7 nitrogen and oxygen atoms in total. The SMILES string of the molecule is CCOc1cc(C(=O)Nn2cnc3ccccc32)ccc1OCc1ccncc1. The minimum absolute atomic E-state index is 0.269. The number of nitrogens with one attached hydrogen (secondary N) is 1. The molecule has 0 saturated carbocycles. The molecule has 0 fully saturated rings. The Balaban J connectivity index is 1.52. The molecular formula is C22H20N4O3. The second-order valence-corrected chi connectivity index (χ2v) is 6.28. The predicted octanol–water partition coefficient (Wildman–Crippen LogP) is 3.79. The van der Waals surface area contributed by atoms with Crippen molar-refractivity contribution in [2.75, 3.05) is 12.0 Å². The molecule has 4 aromatic rings. The van der Waals surface area contributed by atoms with Crippen LogP contribution in [0.2, 0.25) is 0 Å². The quantitative estimate of drug-likeness (QED) is 0.521. The minimum Gasteiger partial charge on any atom is -0.490 e. The fourth-order valence-electron chi connectivity index (χ4n) is 2.90. The van der Waals surface area contributed by atoms with Gasteiger partial charge in [-0.2, -0.15) is 0 Å². The predicted molar refractivity (Wildman–Crippen MR) is 110 cm³/mol. The third kappa shape index (κ3) is 4.19. The summed E-state index contributed by atoms with van der Waals surface area (Å²) in [5, 5.41) is 0. The number of amides is 1. The van der Waals surface area contributed by atoms with Gasteiger partial charge in [-0.05, 0) is 55.0 Å². The fraction of sp³-hybridized carbons (Fsp3) is 0.136. The van der Waals surface area contributed by atoms with E-state index in [-0.39, 0.29) is 5.91 Å². The van der Waals surface area contributed by atoms with E-state index < -0.39 is 0 Å². The molecule has 1 amide bonds. The maximum Gasteiger partial charge on any atom is 0.270 e. The Kier molecular flexibility index (Phi) is 5.38. The lowest BCUT2D eigenvalue weighted by molar-refractivity contribution is 0.101. The molecular weight excluding hydrogens is 368 g/mol. The van der Waals surface area contributed by atoms with E-state index in [4.69, 9.17) is 9.47 Å². The van der Waals surface area contributed by atoms with Gasteiger partial charge in [-0.1, -0.05) is 12.1 Å². The third-order valence-corrected chi connectivity index (χ3v) is 4.32. The number of hydrogen-bond acceptors (Lipinski definition) is 5.